The molecule has 1 aromatic rings. The van der Waals surface area contributed by atoms with Crippen molar-refractivity contribution >= 4 is 63.4 Å². The first kappa shape index (κ1) is 21.2. The van der Waals surface area contributed by atoms with Gasteiger partial charge < -0.3 is 0 Å². The van der Waals surface area contributed by atoms with Crippen molar-refractivity contribution in [3.8, 4) is 0 Å². The third-order valence-electron chi connectivity index (χ3n) is 4.14. The first-order chi connectivity index (χ1) is 11.9. The minimum atomic E-state index is -0.523. The molecule has 1 fully saturated rings. The van der Waals surface area contributed by atoms with E-state index in [4.69, 9.17) is 9.47 Å². The number of halogens is 1. The number of rotatable bonds is 7. The second-order valence-electron chi connectivity index (χ2n) is 5.92. The van der Waals surface area contributed by atoms with E-state index in [-0.39, 0.29) is 24.8 Å². The molecule has 2 atom stereocenters. The Morgan fingerprint density at radius 1 is 1.32 bits per heavy atom. The van der Waals surface area contributed by atoms with Gasteiger partial charge in [-0.25, -0.2) is 4.39 Å². The van der Waals surface area contributed by atoms with Crippen molar-refractivity contribution in [3.05, 3.63) is 35.6 Å². The Morgan fingerprint density at radius 3 is 2.60 bits per heavy atom. The topological polar surface area (TPSA) is 55.8 Å². The van der Waals surface area contributed by atoms with E-state index in [1.165, 1.54) is 19.2 Å². The van der Waals surface area contributed by atoms with Crippen LogP contribution in [0.25, 0.3) is 0 Å². The van der Waals surface area contributed by atoms with Crippen molar-refractivity contribution in [3.63, 3.8) is 0 Å². The number of aryl methyl sites for hydroxylation is 1. The molecule has 132 valence electrons. The van der Waals surface area contributed by atoms with Crippen molar-refractivity contribution in [2.45, 2.75) is 32.4 Å². The molecule has 8 heteroatoms. The fourth-order valence-electron chi connectivity index (χ4n) is 2.86. The van der Waals surface area contributed by atoms with Crippen LogP contribution in [0.2, 0.25) is 1.04 Å². The van der Waals surface area contributed by atoms with Crippen LogP contribution in [0.1, 0.15) is 18.4 Å². The van der Waals surface area contributed by atoms with Gasteiger partial charge in [0.25, 0.3) is 0 Å². The van der Waals surface area contributed by atoms with Crippen LogP contribution >= 0.6 is 0 Å². The van der Waals surface area contributed by atoms with E-state index >= 15 is 0 Å². The number of methoxy groups -OCH3 is 1. The van der Waals surface area contributed by atoms with Gasteiger partial charge in [0, 0.05) is 0 Å². The Kier molecular flexibility index (Phi) is 8.72. The summed E-state index contributed by atoms with van der Waals surface area (Å²) >= 11 is 1.62. The average molecular weight is 736 g/mol. The predicted octanol–water partition coefficient (Wildman–Crippen LogP) is 1.00. The molecule has 2 rings (SSSR count). The molecule has 2 unspecified atom stereocenters. The van der Waals surface area contributed by atoms with Gasteiger partial charge in [0.15, 0.2) is 0 Å². The van der Waals surface area contributed by atoms with Gasteiger partial charge in [0.1, 0.15) is 5.82 Å². The quantitative estimate of drug-likeness (QED) is 0.239. The average Bonchev–Trinajstić information content (AvgIpc) is 3.03. The van der Waals surface area contributed by atoms with Crippen LogP contribution in [0.5, 0.6) is 0 Å². The molecule has 1 aromatic carbocycles. The maximum atomic E-state index is 12.9. The van der Waals surface area contributed by atoms with Crippen LogP contribution in [-0.2, 0) is 25.5 Å². The van der Waals surface area contributed by atoms with E-state index in [2.05, 4.69) is 0 Å². The summed E-state index contributed by atoms with van der Waals surface area (Å²) < 4.78 is 23.7. The van der Waals surface area contributed by atoms with Gasteiger partial charge in [-0.15, -0.1) is 0 Å². The SMILES string of the molecule is COC(=O)C1CC(OCCCc2ccc(F)cc2)CN1C(=O)[CH]([Pb])[Pb]. The molecule has 1 saturated heterocycles. The summed E-state index contributed by atoms with van der Waals surface area (Å²) in [4.78, 5) is 26.0. The van der Waals surface area contributed by atoms with Gasteiger partial charge in [-0.3, -0.25) is 0 Å². The second kappa shape index (κ2) is 10.3. The molecule has 0 N–H and O–H groups in total. The molecule has 0 aromatic heterocycles. The number of likely N-dealkylation sites (tertiary alicyclic amines) is 1. The van der Waals surface area contributed by atoms with Crippen LogP contribution < -0.4 is 0 Å². The number of carbonyl (C=O) groups is 2. The molecular formula is C17H20FNO4Pb2. The molecule has 1 aliphatic heterocycles. The Balaban J connectivity index is 1.82. The van der Waals surface area contributed by atoms with Crippen molar-refractivity contribution < 1.29 is 23.5 Å². The zero-order valence-corrected chi connectivity index (χ0v) is 21.8. The molecule has 25 heavy (non-hydrogen) atoms. The fourth-order valence-corrected chi connectivity index (χ4v) is 4.15. The van der Waals surface area contributed by atoms with E-state index in [0.29, 0.717) is 19.6 Å². The summed E-state index contributed by atoms with van der Waals surface area (Å²) in [6.07, 6.45) is 1.97. The summed E-state index contributed by atoms with van der Waals surface area (Å²) in [5.41, 5.74) is 1.07. The molecule has 1 heterocycles. The number of nitrogens with zero attached hydrogens (tertiary/aromatic N) is 1. The second-order valence-corrected chi connectivity index (χ2v) is 19.1. The van der Waals surface area contributed by atoms with Crippen molar-refractivity contribution in [1.29, 1.82) is 0 Å². The van der Waals surface area contributed by atoms with Crippen LogP contribution in [0.3, 0.4) is 0 Å². The zero-order chi connectivity index (χ0) is 18.4. The van der Waals surface area contributed by atoms with Crippen LogP contribution in [0, 0.1) is 5.82 Å². The Bertz CT molecular complexity index is 597. The summed E-state index contributed by atoms with van der Waals surface area (Å²) in [6, 6.07) is 5.93. The number of ether oxygens (including phenoxy) is 2. The standard InChI is InChI=1S/C17H20FNO4.2Pb/c1-12(20)19-11-15(10-16(19)17(21)22-2)23-9-3-4-13-5-7-14(18)8-6-13;;/h1,5-8,15-16H,3-4,9-11H2,2H3;;. The normalized spacial score (nSPS) is 20.1. The van der Waals surface area contributed by atoms with Gasteiger partial charge in [-0.1, -0.05) is 0 Å². The zero-order valence-electron chi connectivity index (χ0n) is 14.0. The Hall–Kier alpha value is -0.106. The van der Waals surface area contributed by atoms with Crippen molar-refractivity contribution in [2.75, 3.05) is 20.3 Å². The van der Waals surface area contributed by atoms with Gasteiger partial charge in [-0.05, 0) is 0 Å². The molecule has 0 saturated carbocycles. The number of benzene rings is 1. The number of amides is 1. The Labute approximate surface area is 179 Å². The first-order valence-electron chi connectivity index (χ1n) is 8.09. The monoisotopic (exact) mass is 737 g/mol. The summed E-state index contributed by atoms with van der Waals surface area (Å²) in [5, 5.41) is 0. The summed E-state index contributed by atoms with van der Waals surface area (Å²) in [5.74, 6) is -0.540. The Morgan fingerprint density at radius 2 is 2.00 bits per heavy atom. The molecular weight excluding hydrogens is 716 g/mol. The van der Waals surface area contributed by atoms with E-state index in [9.17, 15) is 14.0 Å². The maximum absolute atomic E-state index is 12.9. The number of hydrogen-bond acceptors (Lipinski definition) is 4. The van der Waals surface area contributed by atoms with E-state index in [0.717, 1.165) is 69.9 Å². The van der Waals surface area contributed by atoms with Crippen molar-refractivity contribution in [1.82, 2.24) is 4.90 Å². The van der Waals surface area contributed by atoms with E-state index in [1.54, 1.807) is 17.0 Å². The van der Waals surface area contributed by atoms with Gasteiger partial charge in [0.2, 0.25) is 0 Å². The fraction of sp³-hybridized carbons (Fsp3) is 0.529. The van der Waals surface area contributed by atoms with Crippen LogP contribution in [-0.4, -0.2) is 101 Å². The van der Waals surface area contributed by atoms with Gasteiger partial charge in [-0.2, -0.15) is 0 Å². The van der Waals surface area contributed by atoms with Gasteiger partial charge in [0.05, 0.1) is 0 Å². The van der Waals surface area contributed by atoms with E-state index < -0.39 is 6.04 Å². The molecule has 1 aliphatic rings. The first-order valence-corrected chi connectivity index (χ1v) is 12.6. The number of carbonyl (C=O) groups excluding carboxylic acids is 2. The summed E-state index contributed by atoms with van der Waals surface area (Å²) in [6.45, 7) is 0.999. The van der Waals surface area contributed by atoms with E-state index in [1.807, 2.05) is 0 Å². The number of esters is 1. The molecule has 0 bridgehead atoms. The van der Waals surface area contributed by atoms with Gasteiger partial charge >= 0.3 is 170 Å². The van der Waals surface area contributed by atoms with Crippen molar-refractivity contribution in [2.24, 2.45) is 0 Å². The van der Waals surface area contributed by atoms with Crippen LogP contribution in [0.15, 0.2) is 24.3 Å². The molecule has 5 nitrogen and oxygen atoms in total. The minimum absolute atomic E-state index is 0.0612. The third kappa shape index (κ3) is 6.23. The third-order valence-corrected chi connectivity index (χ3v) is 6.06. The molecule has 1 amide bonds. The molecule has 0 aliphatic carbocycles. The predicted molar refractivity (Wildman–Crippen MR) is 91.9 cm³/mol. The summed E-state index contributed by atoms with van der Waals surface area (Å²) in [7, 11) is 1.35. The van der Waals surface area contributed by atoms with Crippen LogP contribution in [0.4, 0.5) is 4.39 Å². The molecule has 0 spiro atoms. The molecule has 6 radical (unpaired) electrons. The number of hydrogen-bond donors (Lipinski definition) is 0.